The molecule has 112 valence electrons. The number of halogens is 3. The second-order valence-electron chi connectivity index (χ2n) is 4.72. The molecule has 0 aliphatic carbocycles. The predicted octanol–water partition coefficient (Wildman–Crippen LogP) is 4.86. The molecule has 2 aromatic carbocycles. The van der Waals surface area contributed by atoms with Gasteiger partial charge in [-0.05, 0) is 70.9 Å². The fraction of sp³-hybridized carbons (Fsp3) is 0.250. The van der Waals surface area contributed by atoms with E-state index in [0.29, 0.717) is 6.42 Å². The first-order valence-corrected chi connectivity index (χ1v) is 8.07. The van der Waals surface area contributed by atoms with E-state index in [9.17, 15) is 4.39 Å². The van der Waals surface area contributed by atoms with Crippen LogP contribution in [0.1, 0.15) is 17.2 Å². The van der Waals surface area contributed by atoms with Crippen LogP contribution in [0.2, 0.25) is 0 Å². The van der Waals surface area contributed by atoms with Crippen LogP contribution < -0.4 is 10.1 Å². The van der Waals surface area contributed by atoms with Gasteiger partial charge in [0.1, 0.15) is 11.6 Å². The number of hydrogen-bond donors (Lipinski definition) is 1. The van der Waals surface area contributed by atoms with Gasteiger partial charge in [0.15, 0.2) is 0 Å². The Bertz CT molecular complexity index is 613. The maximum atomic E-state index is 13.5. The molecule has 0 amide bonds. The Kier molecular flexibility index (Phi) is 5.79. The molecule has 1 N–H and O–H groups in total. The largest absolute Gasteiger partial charge is 0.496 e. The van der Waals surface area contributed by atoms with E-state index in [0.717, 1.165) is 25.8 Å². The van der Waals surface area contributed by atoms with E-state index in [4.69, 9.17) is 4.74 Å². The standard InChI is InChI=1S/C16H16Br2FNO/c1-20-15(7-10-5-12(17)9-13(19)6-10)11-3-4-16(21-2)14(18)8-11/h3-6,8-9,15,20H,7H2,1-2H3. The van der Waals surface area contributed by atoms with Crippen molar-refractivity contribution in [2.24, 2.45) is 0 Å². The van der Waals surface area contributed by atoms with E-state index in [-0.39, 0.29) is 11.9 Å². The number of nitrogens with one attached hydrogen (secondary N) is 1. The maximum Gasteiger partial charge on any atom is 0.133 e. The Morgan fingerprint density at radius 3 is 2.52 bits per heavy atom. The fourth-order valence-electron chi connectivity index (χ4n) is 2.25. The summed E-state index contributed by atoms with van der Waals surface area (Å²) in [5.74, 6) is 0.562. The normalized spacial score (nSPS) is 12.2. The van der Waals surface area contributed by atoms with Crippen LogP contribution in [0.5, 0.6) is 5.75 Å². The molecule has 5 heteroatoms. The molecule has 1 atom stereocenters. The second-order valence-corrected chi connectivity index (χ2v) is 6.49. The van der Waals surface area contributed by atoms with Crippen LogP contribution in [0.25, 0.3) is 0 Å². The molecular weight excluding hydrogens is 401 g/mol. The molecule has 2 aromatic rings. The van der Waals surface area contributed by atoms with E-state index < -0.39 is 0 Å². The zero-order valence-electron chi connectivity index (χ0n) is 11.8. The lowest BCUT2D eigenvalue weighted by atomic mass is 9.99. The van der Waals surface area contributed by atoms with Gasteiger partial charge in [-0.1, -0.05) is 22.0 Å². The number of hydrogen-bond acceptors (Lipinski definition) is 2. The lowest BCUT2D eigenvalue weighted by Gasteiger charge is -2.18. The van der Waals surface area contributed by atoms with Crippen molar-refractivity contribution in [3.05, 3.63) is 62.3 Å². The summed E-state index contributed by atoms with van der Waals surface area (Å²) < 4.78 is 20.4. The molecule has 21 heavy (non-hydrogen) atoms. The SMILES string of the molecule is CNC(Cc1cc(F)cc(Br)c1)c1ccc(OC)c(Br)c1. The van der Waals surface area contributed by atoms with Crippen molar-refractivity contribution in [1.82, 2.24) is 5.32 Å². The summed E-state index contributed by atoms with van der Waals surface area (Å²) in [6.07, 6.45) is 0.700. The van der Waals surface area contributed by atoms with Crippen LogP contribution in [0, 0.1) is 5.82 Å². The Morgan fingerprint density at radius 1 is 1.19 bits per heavy atom. The highest BCUT2D eigenvalue weighted by molar-refractivity contribution is 9.10. The molecule has 0 saturated heterocycles. The number of methoxy groups -OCH3 is 1. The third kappa shape index (κ3) is 4.28. The molecule has 1 unspecified atom stereocenters. The fourth-order valence-corrected chi connectivity index (χ4v) is 3.32. The highest BCUT2D eigenvalue weighted by Crippen LogP contribution is 2.29. The summed E-state index contributed by atoms with van der Waals surface area (Å²) in [4.78, 5) is 0. The van der Waals surface area contributed by atoms with Crippen LogP contribution in [0.15, 0.2) is 45.3 Å². The summed E-state index contributed by atoms with van der Waals surface area (Å²) in [6, 6.07) is 11.0. The molecule has 0 bridgehead atoms. The van der Waals surface area contributed by atoms with Crippen molar-refractivity contribution >= 4 is 31.9 Å². The summed E-state index contributed by atoms with van der Waals surface area (Å²) in [5.41, 5.74) is 2.05. The third-order valence-electron chi connectivity index (χ3n) is 3.29. The van der Waals surface area contributed by atoms with Gasteiger partial charge in [-0.15, -0.1) is 0 Å². The molecule has 0 saturated carbocycles. The van der Waals surface area contributed by atoms with Gasteiger partial charge in [-0.25, -0.2) is 4.39 Å². The van der Waals surface area contributed by atoms with E-state index in [2.05, 4.69) is 37.2 Å². The van der Waals surface area contributed by atoms with Gasteiger partial charge < -0.3 is 10.1 Å². The average molecular weight is 417 g/mol. The van der Waals surface area contributed by atoms with Crippen LogP contribution in [0.3, 0.4) is 0 Å². The minimum atomic E-state index is -0.231. The number of benzene rings is 2. The topological polar surface area (TPSA) is 21.3 Å². The third-order valence-corrected chi connectivity index (χ3v) is 4.37. The first kappa shape index (κ1) is 16.5. The van der Waals surface area contributed by atoms with Crippen LogP contribution in [0.4, 0.5) is 4.39 Å². The van der Waals surface area contributed by atoms with Gasteiger partial charge in [0.25, 0.3) is 0 Å². The lowest BCUT2D eigenvalue weighted by Crippen LogP contribution is -2.19. The monoisotopic (exact) mass is 415 g/mol. The first-order chi connectivity index (χ1) is 10.0. The molecule has 0 radical (unpaired) electrons. The molecule has 0 aromatic heterocycles. The van der Waals surface area contributed by atoms with Crippen LogP contribution >= 0.6 is 31.9 Å². The second kappa shape index (κ2) is 7.38. The number of likely N-dealkylation sites (N-methyl/N-ethyl adjacent to an activating group) is 1. The Balaban J connectivity index is 2.25. The Hall–Kier alpha value is -0.910. The zero-order valence-corrected chi connectivity index (χ0v) is 15.0. The number of ether oxygens (including phenoxy) is 1. The van der Waals surface area contributed by atoms with Gasteiger partial charge >= 0.3 is 0 Å². The van der Waals surface area contributed by atoms with Crippen molar-refractivity contribution in [2.45, 2.75) is 12.5 Å². The minimum Gasteiger partial charge on any atom is -0.496 e. The summed E-state index contributed by atoms with van der Waals surface area (Å²) in [7, 11) is 3.54. The summed E-state index contributed by atoms with van der Waals surface area (Å²) >= 11 is 6.82. The van der Waals surface area contributed by atoms with Crippen molar-refractivity contribution in [3.63, 3.8) is 0 Å². The van der Waals surface area contributed by atoms with Gasteiger partial charge in [0.05, 0.1) is 11.6 Å². The lowest BCUT2D eigenvalue weighted by molar-refractivity contribution is 0.411. The minimum absolute atomic E-state index is 0.0981. The maximum absolute atomic E-state index is 13.5. The average Bonchev–Trinajstić information content (AvgIpc) is 2.43. The first-order valence-electron chi connectivity index (χ1n) is 6.49. The van der Waals surface area contributed by atoms with E-state index >= 15 is 0 Å². The van der Waals surface area contributed by atoms with Crippen molar-refractivity contribution in [1.29, 1.82) is 0 Å². The molecule has 2 rings (SSSR count). The van der Waals surface area contributed by atoms with E-state index in [1.54, 1.807) is 13.2 Å². The Morgan fingerprint density at radius 2 is 1.95 bits per heavy atom. The van der Waals surface area contributed by atoms with Crippen molar-refractivity contribution < 1.29 is 9.13 Å². The van der Waals surface area contributed by atoms with Crippen LogP contribution in [-0.2, 0) is 6.42 Å². The zero-order chi connectivity index (χ0) is 15.4. The molecule has 0 fully saturated rings. The van der Waals surface area contributed by atoms with Gasteiger partial charge in [0.2, 0.25) is 0 Å². The molecule has 0 spiro atoms. The number of rotatable bonds is 5. The van der Waals surface area contributed by atoms with E-state index in [1.807, 2.05) is 31.3 Å². The Labute approximate surface area is 141 Å². The van der Waals surface area contributed by atoms with E-state index in [1.165, 1.54) is 6.07 Å². The van der Waals surface area contributed by atoms with Crippen LogP contribution in [-0.4, -0.2) is 14.2 Å². The highest BCUT2D eigenvalue weighted by atomic mass is 79.9. The molecule has 0 aliphatic heterocycles. The van der Waals surface area contributed by atoms with Crippen molar-refractivity contribution in [3.8, 4) is 5.75 Å². The smallest absolute Gasteiger partial charge is 0.133 e. The molecule has 0 aliphatic rings. The summed E-state index contributed by atoms with van der Waals surface area (Å²) in [5, 5.41) is 3.27. The van der Waals surface area contributed by atoms with Gasteiger partial charge in [-0.3, -0.25) is 0 Å². The molecular formula is C16H16Br2FNO. The highest BCUT2D eigenvalue weighted by Gasteiger charge is 2.13. The van der Waals surface area contributed by atoms with Crippen molar-refractivity contribution in [2.75, 3.05) is 14.2 Å². The predicted molar refractivity (Wildman–Crippen MR) is 90.3 cm³/mol. The van der Waals surface area contributed by atoms with Gasteiger partial charge in [0, 0.05) is 10.5 Å². The van der Waals surface area contributed by atoms with Gasteiger partial charge in [-0.2, -0.15) is 0 Å². The summed E-state index contributed by atoms with van der Waals surface area (Å²) in [6.45, 7) is 0. The molecule has 2 nitrogen and oxygen atoms in total. The quantitative estimate of drug-likeness (QED) is 0.751. The molecule has 0 heterocycles.